The van der Waals surface area contributed by atoms with Gasteiger partial charge in [-0.05, 0) is 49.3 Å². The van der Waals surface area contributed by atoms with Crippen molar-refractivity contribution < 1.29 is 4.79 Å². The van der Waals surface area contributed by atoms with Gasteiger partial charge in [-0.15, -0.1) is 0 Å². The van der Waals surface area contributed by atoms with Crippen LogP contribution in [0.1, 0.15) is 36.8 Å². The topological polar surface area (TPSA) is 32.3 Å². The first-order chi connectivity index (χ1) is 9.34. The highest BCUT2D eigenvalue weighted by molar-refractivity contribution is 5.76. The molecule has 2 heterocycles. The van der Waals surface area contributed by atoms with E-state index in [4.69, 9.17) is 0 Å². The summed E-state index contributed by atoms with van der Waals surface area (Å²) in [5.41, 5.74) is 4.05. The molecule has 1 aromatic carbocycles. The van der Waals surface area contributed by atoms with E-state index in [1.807, 2.05) is 4.90 Å². The monoisotopic (exact) mass is 258 g/mol. The summed E-state index contributed by atoms with van der Waals surface area (Å²) >= 11 is 0. The fourth-order valence-electron chi connectivity index (χ4n) is 3.19. The lowest BCUT2D eigenvalue weighted by atomic mass is 10.00. The fraction of sp³-hybridized carbons (Fsp3) is 0.562. The molecule has 0 aliphatic carbocycles. The van der Waals surface area contributed by atoms with Crippen LogP contribution in [-0.2, 0) is 17.6 Å². The molecule has 19 heavy (non-hydrogen) atoms. The molecule has 1 N–H and O–H groups in total. The van der Waals surface area contributed by atoms with E-state index in [2.05, 4.69) is 23.5 Å². The number of fused-ring (bicyclic) bond motifs is 1. The number of likely N-dealkylation sites (tertiary alicyclic amines) is 1. The third kappa shape index (κ3) is 2.75. The van der Waals surface area contributed by atoms with Crippen molar-refractivity contribution in [2.75, 3.05) is 25.0 Å². The van der Waals surface area contributed by atoms with Gasteiger partial charge in [-0.1, -0.05) is 12.1 Å². The van der Waals surface area contributed by atoms with Gasteiger partial charge in [0.1, 0.15) is 0 Å². The number of nitrogens with zero attached hydrogens (tertiary/aromatic N) is 1. The highest BCUT2D eigenvalue weighted by Gasteiger charge is 2.18. The van der Waals surface area contributed by atoms with Crippen LogP contribution in [0.25, 0.3) is 0 Å². The van der Waals surface area contributed by atoms with Crippen molar-refractivity contribution in [3.8, 4) is 0 Å². The van der Waals surface area contributed by atoms with Gasteiger partial charge in [-0.3, -0.25) is 4.79 Å². The predicted molar refractivity (Wildman–Crippen MR) is 77.4 cm³/mol. The molecule has 1 aromatic rings. The van der Waals surface area contributed by atoms with E-state index >= 15 is 0 Å². The zero-order valence-corrected chi connectivity index (χ0v) is 11.5. The summed E-state index contributed by atoms with van der Waals surface area (Å²) < 4.78 is 0. The average molecular weight is 258 g/mol. The second-order valence-corrected chi connectivity index (χ2v) is 5.56. The standard InChI is InChI=1S/C16H22N2O/c19-16(18-11-2-1-3-12-18)8-7-13-5-4-6-15-14(13)9-10-17-15/h4-6,17H,1-3,7-12H2. The summed E-state index contributed by atoms with van der Waals surface area (Å²) in [6, 6.07) is 6.41. The summed E-state index contributed by atoms with van der Waals surface area (Å²) in [5.74, 6) is 0.336. The van der Waals surface area contributed by atoms with E-state index in [0.29, 0.717) is 12.3 Å². The van der Waals surface area contributed by atoms with E-state index in [9.17, 15) is 4.79 Å². The molecule has 0 saturated carbocycles. The SMILES string of the molecule is O=C(CCc1cccc2c1CCN2)N1CCCCC1. The minimum absolute atomic E-state index is 0.336. The smallest absolute Gasteiger partial charge is 0.222 e. The minimum atomic E-state index is 0.336. The van der Waals surface area contributed by atoms with Crippen LogP contribution in [0.15, 0.2) is 18.2 Å². The number of benzene rings is 1. The number of anilines is 1. The van der Waals surface area contributed by atoms with Crippen molar-refractivity contribution in [3.05, 3.63) is 29.3 Å². The molecule has 1 amide bonds. The lowest BCUT2D eigenvalue weighted by Gasteiger charge is -2.26. The molecule has 0 bridgehead atoms. The predicted octanol–water partition coefficient (Wildman–Crippen LogP) is 2.60. The van der Waals surface area contributed by atoms with Crippen molar-refractivity contribution in [2.45, 2.75) is 38.5 Å². The highest BCUT2D eigenvalue weighted by Crippen LogP contribution is 2.26. The second kappa shape index (κ2) is 5.64. The van der Waals surface area contributed by atoms with Crippen LogP contribution in [0.2, 0.25) is 0 Å². The lowest BCUT2D eigenvalue weighted by Crippen LogP contribution is -2.35. The van der Waals surface area contributed by atoms with Crippen LogP contribution in [0.5, 0.6) is 0 Å². The first kappa shape index (κ1) is 12.5. The van der Waals surface area contributed by atoms with Crippen molar-refractivity contribution in [1.82, 2.24) is 4.90 Å². The molecular weight excluding hydrogens is 236 g/mol. The summed E-state index contributed by atoms with van der Waals surface area (Å²) in [6.07, 6.45) is 6.29. The van der Waals surface area contributed by atoms with E-state index in [-0.39, 0.29) is 0 Å². The molecule has 102 valence electrons. The van der Waals surface area contributed by atoms with Crippen molar-refractivity contribution in [1.29, 1.82) is 0 Å². The third-order valence-electron chi connectivity index (χ3n) is 4.28. The molecule has 1 fully saturated rings. The highest BCUT2D eigenvalue weighted by atomic mass is 16.2. The molecule has 2 aliphatic rings. The van der Waals surface area contributed by atoms with Gasteiger partial charge >= 0.3 is 0 Å². The van der Waals surface area contributed by atoms with Gasteiger partial charge in [0.25, 0.3) is 0 Å². The fourth-order valence-corrected chi connectivity index (χ4v) is 3.19. The maximum Gasteiger partial charge on any atom is 0.222 e. The van der Waals surface area contributed by atoms with Gasteiger partial charge < -0.3 is 10.2 Å². The first-order valence-corrected chi connectivity index (χ1v) is 7.47. The number of piperidine rings is 1. The Morgan fingerprint density at radius 1 is 1.21 bits per heavy atom. The quantitative estimate of drug-likeness (QED) is 0.904. The Labute approximate surface area is 115 Å². The molecule has 3 nitrogen and oxygen atoms in total. The maximum absolute atomic E-state index is 12.2. The lowest BCUT2D eigenvalue weighted by molar-refractivity contribution is -0.132. The Balaban J connectivity index is 1.60. The molecule has 3 rings (SSSR count). The number of carbonyl (C=O) groups excluding carboxylic acids is 1. The van der Waals surface area contributed by atoms with Crippen LogP contribution < -0.4 is 5.32 Å². The Hall–Kier alpha value is -1.51. The second-order valence-electron chi connectivity index (χ2n) is 5.56. The number of rotatable bonds is 3. The van der Waals surface area contributed by atoms with Gasteiger partial charge in [0.05, 0.1) is 0 Å². The number of amides is 1. The molecule has 0 aromatic heterocycles. The first-order valence-electron chi connectivity index (χ1n) is 7.47. The number of nitrogens with one attached hydrogen (secondary N) is 1. The minimum Gasteiger partial charge on any atom is -0.384 e. The zero-order chi connectivity index (χ0) is 13.1. The van der Waals surface area contributed by atoms with Crippen LogP contribution in [0, 0.1) is 0 Å². The molecule has 0 spiro atoms. The van der Waals surface area contributed by atoms with Gasteiger partial charge in [0, 0.05) is 31.7 Å². The maximum atomic E-state index is 12.2. The van der Waals surface area contributed by atoms with Gasteiger partial charge in [0.15, 0.2) is 0 Å². The van der Waals surface area contributed by atoms with Gasteiger partial charge in [-0.25, -0.2) is 0 Å². The molecule has 3 heteroatoms. The molecule has 0 unspecified atom stereocenters. The van der Waals surface area contributed by atoms with Crippen molar-refractivity contribution in [2.24, 2.45) is 0 Å². The Morgan fingerprint density at radius 2 is 2.05 bits per heavy atom. The van der Waals surface area contributed by atoms with Crippen LogP contribution in [-0.4, -0.2) is 30.4 Å². The zero-order valence-electron chi connectivity index (χ0n) is 11.5. The molecule has 2 aliphatic heterocycles. The summed E-state index contributed by atoms with van der Waals surface area (Å²) in [5, 5.41) is 3.40. The van der Waals surface area contributed by atoms with Crippen LogP contribution in [0.4, 0.5) is 5.69 Å². The summed E-state index contributed by atoms with van der Waals surface area (Å²) in [6.45, 7) is 2.97. The van der Waals surface area contributed by atoms with E-state index in [1.165, 1.54) is 36.1 Å². The van der Waals surface area contributed by atoms with Gasteiger partial charge in [0.2, 0.25) is 5.91 Å². The van der Waals surface area contributed by atoms with E-state index in [1.54, 1.807) is 0 Å². The largest absolute Gasteiger partial charge is 0.384 e. The Bertz CT molecular complexity index is 464. The molecule has 0 atom stereocenters. The van der Waals surface area contributed by atoms with E-state index in [0.717, 1.165) is 32.5 Å². The number of hydrogen-bond acceptors (Lipinski definition) is 2. The normalized spacial score (nSPS) is 18.0. The molecule has 0 radical (unpaired) electrons. The summed E-state index contributed by atoms with van der Waals surface area (Å²) in [4.78, 5) is 14.2. The molecular formula is C16H22N2O. The Kier molecular flexibility index (Phi) is 3.72. The number of aryl methyl sites for hydroxylation is 1. The Morgan fingerprint density at radius 3 is 2.89 bits per heavy atom. The number of hydrogen-bond donors (Lipinski definition) is 1. The third-order valence-corrected chi connectivity index (χ3v) is 4.28. The summed E-state index contributed by atoms with van der Waals surface area (Å²) in [7, 11) is 0. The van der Waals surface area contributed by atoms with Crippen LogP contribution in [0.3, 0.4) is 0 Å². The van der Waals surface area contributed by atoms with Crippen molar-refractivity contribution >= 4 is 11.6 Å². The van der Waals surface area contributed by atoms with Crippen LogP contribution >= 0.6 is 0 Å². The van der Waals surface area contributed by atoms with Crippen molar-refractivity contribution in [3.63, 3.8) is 0 Å². The molecule has 1 saturated heterocycles. The number of carbonyl (C=O) groups is 1. The average Bonchev–Trinajstić information content (AvgIpc) is 2.94. The van der Waals surface area contributed by atoms with Gasteiger partial charge in [-0.2, -0.15) is 0 Å². The van der Waals surface area contributed by atoms with E-state index < -0.39 is 0 Å².